The maximum atomic E-state index is 9.66. The summed E-state index contributed by atoms with van der Waals surface area (Å²) in [4.78, 5) is 7.20. The smallest absolute Gasteiger partial charge is 0.503 e. The van der Waals surface area contributed by atoms with Crippen LogP contribution in [0.1, 0.15) is 73.7 Å². The molecule has 0 aromatic heterocycles. The first-order valence-electron chi connectivity index (χ1n) is 15.6. The van der Waals surface area contributed by atoms with Crippen molar-refractivity contribution in [2.24, 2.45) is 21.7 Å². The molecule has 2 heterocycles. The number of rotatable bonds is 5. The number of nitrogens with zero attached hydrogens (tertiary/aromatic N) is 4. The molecule has 0 bridgehead atoms. The summed E-state index contributed by atoms with van der Waals surface area (Å²) in [6.07, 6.45) is 1.64. The topological polar surface area (TPSA) is 13.0 Å². The molecule has 4 aliphatic rings. The van der Waals surface area contributed by atoms with Crippen LogP contribution in [0.5, 0.6) is 0 Å². The van der Waals surface area contributed by atoms with E-state index in [1.807, 2.05) is 58.3 Å². The molecule has 6 rings (SSSR count). The number of hydrogen-bond donors (Lipinski definition) is 0. The Morgan fingerprint density at radius 1 is 0.641 bits per heavy atom. The molecule has 0 saturated carbocycles. The molecule has 2 aromatic rings. The zero-order valence-corrected chi connectivity index (χ0v) is 26.6. The van der Waals surface area contributed by atoms with Crippen molar-refractivity contribution in [1.82, 2.24) is 9.80 Å². The summed E-state index contributed by atoms with van der Waals surface area (Å²) in [5.74, 6) is 0. The van der Waals surface area contributed by atoms with E-state index in [1.165, 1.54) is 0 Å². The van der Waals surface area contributed by atoms with Gasteiger partial charge in [0.15, 0.2) is 0 Å². The number of para-hydroxylation sites is 2. The van der Waals surface area contributed by atoms with Crippen molar-refractivity contribution in [2.75, 3.05) is 22.8 Å². The molecule has 2 aliphatic carbocycles. The predicted octanol–water partition coefficient (Wildman–Crippen LogP) is 7.80. The number of allylic oxidation sites excluding steroid dienone is 4. The summed E-state index contributed by atoms with van der Waals surface area (Å²) in [6, 6.07) is 22.0. The van der Waals surface area contributed by atoms with E-state index >= 15 is 0 Å². The SMILES string of the molecule is [2H]C([2H])(N1[CH-]N(c2[c-]cccc2)C2=C1C(C)(C)CC2(C)C)C([2H])([2H])N1[CH-]N(c2[c-]cccc2)C2=C1C(C)(C)CC2(C)C.[Pt+4]. The summed E-state index contributed by atoms with van der Waals surface area (Å²) < 4.78 is 38.6. The van der Waals surface area contributed by atoms with Gasteiger partial charge < -0.3 is 19.6 Å². The second kappa shape index (κ2) is 9.44. The Kier molecular flexibility index (Phi) is 5.69. The number of hydrogen-bond acceptors (Lipinski definition) is 4. The third-order valence-corrected chi connectivity index (χ3v) is 8.40. The second-order valence-electron chi connectivity index (χ2n) is 13.7. The monoisotopic (exact) mass is 705 g/mol. The van der Waals surface area contributed by atoms with E-state index in [0.29, 0.717) is 0 Å². The molecule has 0 spiro atoms. The van der Waals surface area contributed by atoms with Gasteiger partial charge in [0, 0.05) is 62.9 Å². The van der Waals surface area contributed by atoms with E-state index in [1.54, 1.807) is 23.1 Å². The second-order valence-corrected chi connectivity index (χ2v) is 13.7. The Balaban J connectivity index is 0.00000368. The number of anilines is 2. The predicted molar refractivity (Wildman–Crippen MR) is 156 cm³/mol. The van der Waals surface area contributed by atoms with Crippen LogP contribution in [0, 0.1) is 47.1 Å². The fourth-order valence-corrected chi connectivity index (χ4v) is 7.76. The van der Waals surface area contributed by atoms with Gasteiger partial charge in [0.25, 0.3) is 0 Å². The Morgan fingerprint density at radius 3 is 1.33 bits per heavy atom. The summed E-state index contributed by atoms with van der Waals surface area (Å²) in [7, 11) is 0. The molecular weight excluding hydrogens is 659 g/mol. The van der Waals surface area contributed by atoms with Gasteiger partial charge in [0.05, 0.1) is 0 Å². The average molecular weight is 706 g/mol. The minimum atomic E-state index is -2.44. The van der Waals surface area contributed by atoms with E-state index < -0.39 is 13.0 Å². The fourth-order valence-electron chi connectivity index (χ4n) is 7.76. The molecule has 0 atom stereocenters. The van der Waals surface area contributed by atoms with Gasteiger partial charge in [-0.1, -0.05) is 55.4 Å². The quantitative estimate of drug-likeness (QED) is 0.295. The Hall–Kier alpha value is -2.19. The van der Waals surface area contributed by atoms with Crippen LogP contribution in [0.2, 0.25) is 0 Å². The van der Waals surface area contributed by atoms with Crippen molar-refractivity contribution >= 4 is 11.4 Å². The molecule has 0 N–H and O–H groups in total. The molecule has 0 radical (unpaired) electrons. The van der Waals surface area contributed by atoms with Gasteiger partial charge in [-0.05, 0) is 12.8 Å². The summed E-state index contributed by atoms with van der Waals surface area (Å²) in [6.45, 7) is 16.0. The van der Waals surface area contributed by atoms with Crippen LogP contribution in [-0.2, 0) is 21.1 Å². The third kappa shape index (κ3) is 4.55. The first-order valence-corrected chi connectivity index (χ1v) is 13.6. The first-order chi connectivity index (χ1) is 19.3. The molecular formula is C34H42N4Pt. The minimum Gasteiger partial charge on any atom is -0.503 e. The van der Waals surface area contributed by atoms with Crippen LogP contribution >= 0.6 is 0 Å². The van der Waals surface area contributed by atoms with Gasteiger partial charge in [0.1, 0.15) is 0 Å². The maximum Gasteiger partial charge on any atom is 4.00 e. The van der Waals surface area contributed by atoms with Crippen molar-refractivity contribution in [3.63, 3.8) is 0 Å². The van der Waals surface area contributed by atoms with Crippen LogP contribution in [0.15, 0.2) is 71.3 Å². The van der Waals surface area contributed by atoms with Crippen LogP contribution in [-0.4, -0.2) is 22.8 Å². The largest absolute Gasteiger partial charge is 4.00 e. The summed E-state index contributed by atoms with van der Waals surface area (Å²) in [5, 5.41) is 0. The van der Waals surface area contributed by atoms with Crippen LogP contribution in [0.3, 0.4) is 0 Å². The van der Waals surface area contributed by atoms with Gasteiger partial charge in [-0.25, -0.2) is 0 Å². The fraction of sp³-hybridized carbons (Fsp3) is 0.471. The molecule has 0 saturated heterocycles. The van der Waals surface area contributed by atoms with Crippen molar-refractivity contribution in [3.05, 3.63) is 96.8 Å². The van der Waals surface area contributed by atoms with Gasteiger partial charge in [-0.3, -0.25) is 0 Å². The molecule has 0 amide bonds. The Labute approximate surface area is 256 Å². The normalized spacial score (nSPS) is 26.2. The minimum absolute atomic E-state index is 0. The molecule has 2 aliphatic heterocycles. The summed E-state index contributed by atoms with van der Waals surface area (Å²) >= 11 is 0. The van der Waals surface area contributed by atoms with Crippen molar-refractivity contribution in [2.45, 2.75) is 68.2 Å². The zero-order chi connectivity index (χ0) is 30.7. The standard InChI is InChI=1S/C34H42N4.Pt/c1-31(2)21-33(5,6)29-27(31)35(23-37(29)25-15-11-9-12-16-25)19-20-36-24-38(26-17-13-10-14-18-26)30-28(36)32(3,4)22-34(30,7)8;/h9-15,17,23-24H,19-22H2,1-8H3;/q-4;+4/i19D2,20D2;. The van der Waals surface area contributed by atoms with Gasteiger partial charge >= 0.3 is 21.1 Å². The molecule has 4 nitrogen and oxygen atoms in total. The van der Waals surface area contributed by atoms with Crippen LogP contribution < -0.4 is 9.80 Å². The summed E-state index contributed by atoms with van der Waals surface area (Å²) in [5.41, 5.74) is 4.05. The van der Waals surface area contributed by atoms with Gasteiger partial charge in [0.2, 0.25) is 0 Å². The number of benzene rings is 2. The first kappa shape index (κ1) is 23.5. The van der Waals surface area contributed by atoms with E-state index in [-0.39, 0.29) is 42.7 Å². The average Bonchev–Trinajstić information content (AvgIpc) is 3.59. The van der Waals surface area contributed by atoms with Crippen LogP contribution in [0.4, 0.5) is 11.4 Å². The van der Waals surface area contributed by atoms with Crippen molar-refractivity contribution in [3.8, 4) is 0 Å². The van der Waals surface area contributed by atoms with Gasteiger partial charge in [-0.15, -0.1) is 11.4 Å². The Morgan fingerprint density at radius 2 is 1.00 bits per heavy atom. The van der Waals surface area contributed by atoms with Gasteiger partial charge in [-0.2, -0.15) is 74.0 Å². The molecule has 0 unspecified atom stereocenters. The van der Waals surface area contributed by atoms with Crippen LogP contribution in [0.25, 0.3) is 0 Å². The molecule has 2 aromatic carbocycles. The third-order valence-electron chi connectivity index (χ3n) is 8.40. The van der Waals surface area contributed by atoms with E-state index in [2.05, 4.69) is 67.5 Å². The zero-order valence-electron chi connectivity index (χ0n) is 28.3. The van der Waals surface area contributed by atoms with Crippen molar-refractivity contribution < 1.29 is 26.5 Å². The van der Waals surface area contributed by atoms with E-state index in [4.69, 9.17) is 0 Å². The Bertz CT molecular complexity index is 1350. The van der Waals surface area contributed by atoms with Crippen molar-refractivity contribution in [1.29, 1.82) is 0 Å². The molecule has 0 fully saturated rings. The molecule has 39 heavy (non-hydrogen) atoms. The maximum absolute atomic E-state index is 9.66. The molecule has 5 heteroatoms. The van der Waals surface area contributed by atoms with E-state index in [0.717, 1.165) is 47.0 Å². The molecule has 208 valence electrons. The van der Waals surface area contributed by atoms with E-state index in [9.17, 15) is 5.48 Å².